The molecule has 2 atom stereocenters. The monoisotopic (exact) mass is 410 g/mol. The van der Waals surface area contributed by atoms with Crippen molar-refractivity contribution in [2.75, 3.05) is 7.05 Å². The Morgan fingerprint density at radius 3 is 2.29 bits per heavy atom. The normalized spacial score (nSPS) is 14.2. The first-order valence-corrected chi connectivity index (χ1v) is 8.51. The van der Waals surface area contributed by atoms with Crippen LogP contribution in [0.2, 0.25) is 0 Å². The lowest BCUT2D eigenvalue weighted by Crippen LogP contribution is -2.36. The van der Waals surface area contributed by atoms with E-state index in [0.29, 0.717) is 0 Å². The van der Waals surface area contributed by atoms with E-state index in [9.17, 15) is 0 Å². The van der Waals surface area contributed by atoms with Crippen LogP contribution in [0.25, 0.3) is 0 Å². The first-order valence-electron chi connectivity index (χ1n) is 6.93. The van der Waals surface area contributed by atoms with E-state index in [1.165, 1.54) is 11.1 Å². The molecule has 0 spiro atoms. The molecule has 2 N–H and O–H groups in total. The summed E-state index contributed by atoms with van der Waals surface area (Å²) < 4.78 is 2.19. The van der Waals surface area contributed by atoms with Gasteiger partial charge in [-0.25, -0.2) is 0 Å². The van der Waals surface area contributed by atoms with Gasteiger partial charge >= 0.3 is 0 Å². The molecular formula is C17H20Br2N2. The van der Waals surface area contributed by atoms with Crippen molar-refractivity contribution in [3.63, 3.8) is 0 Å². The molecule has 0 amide bonds. The molecule has 2 rings (SSSR count). The van der Waals surface area contributed by atoms with Crippen LogP contribution in [-0.2, 0) is 6.54 Å². The van der Waals surface area contributed by atoms with Crippen LogP contribution in [0.5, 0.6) is 0 Å². The minimum absolute atomic E-state index is 0.0586. The Kier molecular flexibility index (Phi) is 5.99. The van der Waals surface area contributed by atoms with Gasteiger partial charge in [0.05, 0.1) is 0 Å². The molecule has 0 aliphatic carbocycles. The van der Waals surface area contributed by atoms with E-state index in [-0.39, 0.29) is 12.1 Å². The third-order valence-electron chi connectivity index (χ3n) is 3.51. The first-order chi connectivity index (χ1) is 9.97. The van der Waals surface area contributed by atoms with Gasteiger partial charge in [0.1, 0.15) is 0 Å². The molecule has 0 radical (unpaired) electrons. The zero-order chi connectivity index (χ0) is 15.4. The maximum absolute atomic E-state index is 6.23. The fourth-order valence-corrected chi connectivity index (χ4v) is 3.35. The van der Waals surface area contributed by atoms with Crippen molar-refractivity contribution in [1.82, 2.24) is 4.90 Å². The van der Waals surface area contributed by atoms with Crippen LogP contribution in [-0.4, -0.2) is 18.0 Å². The van der Waals surface area contributed by atoms with E-state index in [0.717, 1.165) is 15.5 Å². The summed E-state index contributed by atoms with van der Waals surface area (Å²) in [6, 6.07) is 17.0. The number of nitrogens with two attached hydrogens (primary N) is 1. The van der Waals surface area contributed by atoms with Gasteiger partial charge in [0.2, 0.25) is 0 Å². The summed E-state index contributed by atoms with van der Waals surface area (Å²) >= 11 is 7.00. The standard InChI is InChI=1S/C17H20Br2N2/c1-12(20)17(14-6-8-15(18)9-7-14)21(2)11-13-4-3-5-16(19)10-13/h3-10,12,17H,11,20H2,1-2H3. The maximum atomic E-state index is 6.23. The zero-order valence-corrected chi connectivity index (χ0v) is 15.4. The molecule has 0 fully saturated rings. The van der Waals surface area contributed by atoms with Gasteiger partial charge in [0.25, 0.3) is 0 Å². The summed E-state index contributed by atoms with van der Waals surface area (Å²) in [7, 11) is 2.12. The Balaban J connectivity index is 2.19. The highest BCUT2D eigenvalue weighted by Crippen LogP contribution is 2.26. The van der Waals surface area contributed by atoms with Crippen molar-refractivity contribution in [3.8, 4) is 0 Å². The van der Waals surface area contributed by atoms with Crippen molar-refractivity contribution < 1.29 is 0 Å². The van der Waals surface area contributed by atoms with Crippen molar-refractivity contribution in [3.05, 3.63) is 68.6 Å². The fraction of sp³-hybridized carbons (Fsp3) is 0.294. The second-order valence-electron chi connectivity index (χ2n) is 5.40. The Morgan fingerprint density at radius 2 is 1.71 bits per heavy atom. The second-order valence-corrected chi connectivity index (χ2v) is 7.23. The summed E-state index contributed by atoms with van der Waals surface area (Å²) in [4.78, 5) is 2.30. The maximum Gasteiger partial charge on any atom is 0.0496 e. The van der Waals surface area contributed by atoms with Crippen LogP contribution in [0.1, 0.15) is 24.1 Å². The summed E-state index contributed by atoms with van der Waals surface area (Å²) in [6.07, 6.45) is 0. The number of halogens is 2. The van der Waals surface area contributed by atoms with Crippen molar-refractivity contribution >= 4 is 31.9 Å². The molecular weight excluding hydrogens is 392 g/mol. The Morgan fingerprint density at radius 1 is 1.05 bits per heavy atom. The average Bonchev–Trinajstić information content (AvgIpc) is 2.41. The quantitative estimate of drug-likeness (QED) is 0.770. The first kappa shape index (κ1) is 16.7. The molecule has 0 aliphatic heterocycles. The fourth-order valence-electron chi connectivity index (χ4n) is 2.64. The molecule has 2 aromatic carbocycles. The molecule has 0 saturated carbocycles. The largest absolute Gasteiger partial charge is 0.326 e. The SMILES string of the molecule is CC(N)C(c1ccc(Br)cc1)N(C)Cc1cccc(Br)c1. The lowest BCUT2D eigenvalue weighted by atomic mass is 9.99. The lowest BCUT2D eigenvalue weighted by molar-refractivity contribution is 0.211. The zero-order valence-electron chi connectivity index (χ0n) is 12.3. The van der Waals surface area contributed by atoms with Gasteiger partial charge in [-0.3, -0.25) is 4.90 Å². The smallest absolute Gasteiger partial charge is 0.0496 e. The second kappa shape index (κ2) is 7.54. The van der Waals surface area contributed by atoms with Gasteiger partial charge in [-0.05, 0) is 49.4 Å². The predicted octanol–water partition coefficient (Wildman–Crippen LogP) is 4.73. The lowest BCUT2D eigenvalue weighted by Gasteiger charge is -2.31. The number of benzene rings is 2. The summed E-state index contributed by atoms with van der Waals surface area (Å²) in [5.41, 5.74) is 8.74. The van der Waals surface area contributed by atoms with Crippen LogP contribution in [0.3, 0.4) is 0 Å². The van der Waals surface area contributed by atoms with E-state index in [1.807, 2.05) is 6.07 Å². The van der Waals surface area contributed by atoms with Gasteiger partial charge in [0, 0.05) is 27.6 Å². The van der Waals surface area contributed by atoms with Gasteiger partial charge in [-0.1, -0.05) is 56.1 Å². The van der Waals surface area contributed by atoms with Crippen molar-refractivity contribution in [2.24, 2.45) is 5.73 Å². The molecule has 2 aromatic rings. The van der Waals surface area contributed by atoms with Crippen molar-refractivity contribution in [1.29, 1.82) is 0 Å². The minimum Gasteiger partial charge on any atom is -0.326 e. The average molecular weight is 412 g/mol. The predicted molar refractivity (Wildman–Crippen MR) is 96.1 cm³/mol. The summed E-state index contributed by atoms with van der Waals surface area (Å²) in [5.74, 6) is 0. The van der Waals surface area contributed by atoms with Crippen LogP contribution < -0.4 is 5.73 Å². The highest BCUT2D eigenvalue weighted by Gasteiger charge is 2.21. The van der Waals surface area contributed by atoms with Gasteiger partial charge in [0.15, 0.2) is 0 Å². The van der Waals surface area contributed by atoms with Gasteiger partial charge < -0.3 is 5.73 Å². The third-order valence-corrected chi connectivity index (χ3v) is 4.53. The highest BCUT2D eigenvalue weighted by atomic mass is 79.9. The Labute approximate surface area is 143 Å². The van der Waals surface area contributed by atoms with Crippen LogP contribution in [0.15, 0.2) is 57.5 Å². The third kappa shape index (κ3) is 4.65. The molecule has 112 valence electrons. The van der Waals surface area contributed by atoms with Crippen LogP contribution >= 0.6 is 31.9 Å². The summed E-state index contributed by atoms with van der Waals surface area (Å²) in [5, 5.41) is 0. The molecule has 0 saturated heterocycles. The summed E-state index contributed by atoms with van der Waals surface area (Å²) in [6.45, 7) is 2.92. The van der Waals surface area contributed by atoms with Crippen LogP contribution in [0.4, 0.5) is 0 Å². The molecule has 4 heteroatoms. The number of nitrogens with zero attached hydrogens (tertiary/aromatic N) is 1. The van der Waals surface area contributed by atoms with E-state index < -0.39 is 0 Å². The van der Waals surface area contributed by atoms with Crippen molar-refractivity contribution in [2.45, 2.75) is 25.6 Å². The number of hydrogen-bond acceptors (Lipinski definition) is 2. The Bertz CT molecular complexity index is 582. The molecule has 0 heterocycles. The van der Waals surface area contributed by atoms with E-state index in [4.69, 9.17) is 5.73 Å². The molecule has 21 heavy (non-hydrogen) atoms. The molecule has 0 aliphatic rings. The minimum atomic E-state index is 0.0586. The Hall–Kier alpha value is -0.680. The number of rotatable bonds is 5. The molecule has 2 unspecified atom stereocenters. The van der Waals surface area contributed by atoms with E-state index in [1.54, 1.807) is 0 Å². The van der Waals surface area contributed by atoms with E-state index >= 15 is 0 Å². The molecule has 0 bridgehead atoms. The molecule has 0 aromatic heterocycles. The van der Waals surface area contributed by atoms with Crippen LogP contribution in [0, 0.1) is 0 Å². The van der Waals surface area contributed by atoms with E-state index in [2.05, 4.69) is 93.2 Å². The topological polar surface area (TPSA) is 29.3 Å². The molecule has 2 nitrogen and oxygen atoms in total. The highest BCUT2D eigenvalue weighted by molar-refractivity contribution is 9.10. The van der Waals surface area contributed by atoms with Gasteiger partial charge in [-0.15, -0.1) is 0 Å². The number of likely N-dealkylation sites (N-methyl/N-ethyl adjacent to an activating group) is 1. The van der Waals surface area contributed by atoms with Gasteiger partial charge in [-0.2, -0.15) is 0 Å². The number of hydrogen-bond donors (Lipinski definition) is 1.